The van der Waals surface area contributed by atoms with Crippen LogP contribution in [-0.4, -0.2) is 85.4 Å². The number of aliphatic hydroxyl groups is 2. The highest BCUT2D eigenvalue weighted by Crippen LogP contribution is 2.70. The van der Waals surface area contributed by atoms with E-state index in [9.17, 15) is 29.4 Å². The van der Waals surface area contributed by atoms with Gasteiger partial charge in [0.2, 0.25) is 0 Å². The summed E-state index contributed by atoms with van der Waals surface area (Å²) in [6, 6.07) is 0. The largest absolute Gasteiger partial charge is 0.476 e. The van der Waals surface area contributed by atoms with Crippen LogP contribution in [0.15, 0.2) is 12.4 Å². The fourth-order valence-corrected chi connectivity index (χ4v) is 18.0. The fraction of sp³-hybridized carbons (Fsp3) is 0.869. The lowest BCUT2D eigenvalue weighted by Gasteiger charge is -2.61. The van der Waals surface area contributed by atoms with Crippen molar-refractivity contribution in [1.82, 2.24) is 30.0 Å². The molecule has 0 spiro atoms. The van der Waals surface area contributed by atoms with E-state index in [2.05, 4.69) is 48.1 Å². The van der Waals surface area contributed by atoms with Gasteiger partial charge < -0.3 is 21.1 Å². The number of carbonyl (C=O) groups excluding carboxylic acids is 3. The van der Waals surface area contributed by atoms with Crippen molar-refractivity contribution in [2.45, 2.75) is 250 Å². The first-order valence-corrected chi connectivity index (χ1v) is 28.6. The Bertz CT molecular complexity index is 2350. The molecule has 0 unspecified atom stereocenters. The third kappa shape index (κ3) is 12.4. The second-order valence-electron chi connectivity index (χ2n) is 29.3. The normalized spacial score (nSPS) is 40.6. The Morgan fingerprint density at radius 3 is 1.31 bits per heavy atom. The number of hydrogen-bond acceptors (Lipinski definition) is 11. The van der Waals surface area contributed by atoms with Gasteiger partial charge in [0.1, 0.15) is 18.8 Å². The maximum absolute atomic E-state index is 13.6. The fourth-order valence-electron chi connectivity index (χ4n) is 18.0. The minimum absolute atomic E-state index is 0. The Morgan fingerprint density at radius 1 is 0.560 bits per heavy atom. The van der Waals surface area contributed by atoms with Gasteiger partial charge in [-0.05, 0) is 225 Å². The average Bonchev–Trinajstić information content (AvgIpc) is 4.08. The third-order valence-corrected chi connectivity index (χ3v) is 21.5. The van der Waals surface area contributed by atoms with Crippen molar-refractivity contribution in [3.8, 4) is 0 Å². The predicted molar refractivity (Wildman–Crippen MR) is 295 cm³/mol. The summed E-state index contributed by atoms with van der Waals surface area (Å²) in [5, 5.41) is 47.1. The monoisotopic (exact) mass is 1050 g/mol. The van der Waals surface area contributed by atoms with Crippen LogP contribution in [0.3, 0.4) is 0 Å². The number of aromatic nitrogens is 6. The third-order valence-electron chi connectivity index (χ3n) is 21.5. The second-order valence-corrected chi connectivity index (χ2v) is 29.3. The molecule has 0 saturated heterocycles. The molecule has 2 aromatic heterocycles. The summed E-state index contributed by atoms with van der Waals surface area (Å²) < 4.78 is 0. The van der Waals surface area contributed by atoms with E-state index >= 15 is 0 Å². The maximum Gasteiger partial charge on any atom is 0.358 e. The summed E-state index contributed by atoms with van der Waals surface area (Å²) in [6.07, 6.45) is 22.8. The van der Waals surface area contributed by atoms with Crippen molar-refractivity contribution in [1.29, 1.82) is 0 Å². The van der Waals surface area contributed by atoms with Gasteiger partial charge in [-0.15, -0.1) is 10.2 Å². The summed E-state index contributed by atoms with van der Waals surface area (Å²) in [5.74, 6) is 4.56. The quantitative estimate of drug-likeness (QED) is 0.173. The Kier molecular flexibility index (Phi) is 17.6. The molecule has 14 nitrogen and oxygen atoms in total. The van der Waals surface area contributed by atoms with Crippen LogP contribution >= 0.6 is 0 Å². The van der Waals surface area contributed by atoms with E-state index in [-0.39, 0.29) is 84.6 Å². The number of nitrogens with zero attached hydrogens (tertiary/aromatic N) is 6. The van der Waals surface area contributed by atoms with Crippen LogP contribution in [0.4, 0.5) is 0 Å². The molecule has 14 heteroatoms. The highest BCUT2D eigenvalue weighted by atomic mass is 16.4. The van der Waals surface area contributed by atoms with Gasteiger partial charge in [0.25, 0.3) is 0 Å². The molecule has 2 heterocycles. The Hall–Kier alpha value is -3.36. The van der Waals surface area contributed by atoms with E-state index in [0.717, 1.165) is 83.0 Å². The minimum Gasteiger partial charge on any atom is -0.476 e. The lowest BCUT2D eigenvalue weighted by atomic mass is 9.44. The Balaban J connectivity index is 0.000000219. The molecular weight excluding hydrogens is 943 g/mol. The molecule has 8 fully saturated rings. The molecule has 0 radical (unpaired) electrons. The number of ketones is 3. The van der Waals surface area contributed by atoms with Crippen molar-refractivity contribution in [3.63, 3.8) is 0 Å². The summed E-state index contributed by atoms with van der Waals surface area (Å²) in [7, 11) is 0. The van der Waals surface area contributed by atoms with Gasteiger partial charge in [-0.25, -0.2) is 4.79 Å². The van der Waals surface area contributed by atoms with Crippen LogP contribution in [0, 0.1) is 86.3 Å². The lowest BCUT2D eigenvalue weighted by Crippen LogP contribution is -2.55. The molecular formula is C61H103N7O7. The van der Waals surface area contributed by atoms with Crippen molar-refractivity contribution in [2.75, 3.05) is 0 Å². The van der Waals surface area contributed by atoms with Crippen molar-refractivity contribution in [2.24, 2.45) is 92.0 Å². The second kappa shape index (κ2) is 21.7. The maximum atomic E-state index is 13.6. The van der Waals surface area contributed by atoms with E-state index in [1.54, 1.807) is 0 Å². The first kappa shape index (κ1) is 60.9. The van der Waals surface area contributed by atoms with E-state index in [4.69, 9.17) is 10.8 Å². The zero-order valence-corrected chi connectivity index (χ0v) is 47.0. The molecule has 0 amide bonds. The van der Waals surface area contributed by atoms with Crippen LogP contribution in [0.1, 0.15) is 241 Å². The van der Waals surface area contributed by atoms with E-state index in [1.165, 1.54) is 60.5 Å². The van der Waals surface area contributed by atoms with Gasteiger partial charge in [-0.2, -0.15) is 19.8 Å². The number of carboxylic acid groups (broad SMARTS) is 1. The van der Waals surface area contributed by atoms with Gasteiger partial charge in [0.15, 0.2) is 23.0 Å². The molecule has 2 aromatic rings. The molecule has 424 valence electrons. The van der Waals surface area contributed by atoms with Crippen molar-refractivity contribution in [3.05, 3.63) is 23.8 Å². The molecule has 75 heavy (non-hydrogen) atoms. The molecule has 16 atom stereocenters. The molecule has 10 rings (SSSR count). The van der Waals surface area contributed by atoms with E-state index in [0.29, 0.717) is 64.4 Å². The Labute approximate surface area is 451 Å². The van der Waals surface area contributed by atoms with Crippen LogP contribution < -0.4 is 5.73 Å². The van der Waals surface area contributed by atoms with Crippen LogP contribution in [0.5, 0.6) is 0 Å². The number of hydrogen-bond donors (Lipinski definition) is 4. The number of aromatic carboxylic acids is 1. The predicted octanol–water partition coefficient (Wildman–Crippen LogP) is 11.8. The number of nitrogens with two attached hydrogens (primary N) is 1. The Morgan fingerprint density at radius 2 is 0.933 bits per heavy atom. The van der Waals surface area contributed by atoms with Crippen LogP contribution in [-0.2, 0) is 22.7 Å². The number of Topliss-reactive ketones (excluding diaryl/α,β-unsaturated/α-hetero) is 3. The first-order chi connectivity index (χ1) is 33.8. The van der Waals surface area contributed by atoms with Crippen molar-refractivity contribution >= 4 is 23.3 Å². The number of carboxylic acids is 1. The van der Waals surface area contributed by atoms with Gasteiger partial charge in [-0.3, -0.25) is 14.4 Å². The van der Waals surface area contributed by atoms with Gasteiger partial charge >= 0.3 is 5.97 Å². The zero-order chi connectivity index (χ0) is 53.5. The summed E-state index contributed by atoms with van der Waals surface area (Å²) in [5.41, 5.74) is 5.22. The standard InChI is InChI=1S/C30H47N3O3.C25H37N3O4.C4H11N.2CH4/c1-27(2,3)16-25(34)24-17-31-33(32-24)18-26(35)23-10-9-21-20-8-7-19-15-28(4,36)13-14-29(19,5)22(20)11-12-30(21,23)6;1-23(32)10-11-24(2)15(12-23)4-5-16-17-6-7-19(25(17,3)9-8-18(16)24)21(29)14-28-26-13-20(27-28)22(30)31;1-4(2,3)5;;/h17,19-23,36H,7-16,18H2,1-6H3;13,15-19,32H,4-12,14H2,1-3H3,(H,30,31);5H2,1-3H3;2*1H4/t19-,20+,21+,22+,23-,28-,29+,30+;15-,16+,17+,18+,19-,23-,24+,25+;;;/m11.../s1. The highest BCUT2D eigenvalue weighted by molar-refractivity contribution is 5.94. The highest BCUT2D eigenvalue weighted by Gasteiger charge is 2.63. The molecule has 0 aromatic carbocycles. The smallest absolute Gasteiger partial charge is 0.358 e. The number of fused-ring (bicyclic) bond motifs is 10. The molecule has 0 aliphatic heterocycles. The number of rotatable bonds is 9. The molecule has 8 aliphatic rings. The van der Waals surface area contributed by atoms with Gasteiger partial charge in [0, 0.05) is 23.8 Å². The summed E-state index contributed by atoms with van der Waals surface area (Å²) in [6.45, 7) is 26.0. The van der Waals surface area contributed by atoms with Crippen LogP contribution in [0.25, 0.3) is 0 Å². The van der Waals surface area contributed by atoms with E-state index < -0.39 is 17.2 Å². The van der Waals surface area contributed by atoms with Crippen molar-refractivity contribution < 1.29 is 34.5 Å². The molecule has 0 bridgehead atoms. The summed E-state index contributed by atoms with van der Waals surface area (Å²) >= 11 is 0. The topological polar surface area (TPSA) is 216 Å². The number of carbonyl (C=O) groups is 4. The van der Waals surface area contributed by atoms with Crippen LogP contribution in [0.2, 0.25) is 0 Å². The SMILES string of the molecule is C.C.CC(C)(C)CC(=O)c1cnn(CC(=O)[C@H]2CC[C@H]3[C@@H]4CC[C@@H]5C[C@](C)(O)CC[C@]5(C)[C@H]4CC[C@]23C)n1.CC(C)(C)N.C[C@@]1(O)CC[C@@]2(C)[C@H](CC[C@@H]3[C@@H]2CC[C@]2(C)[C@@H](C(=O)Cn4ncc(C(=O)O)n4)CC[C@@H]32)C1. The van der Waals surface area contributed by atoms with Gasteiger partial charge in [-0.1, -0.05) is 63.3 Å². The zero-order valence-electron chi connectivity index (χ0n) is 47.0. The summed E-state index contributed by atoms with van der Waals surface area (Å²) in [4.78, 5) is 53.2. The van der Waals surface area contributed by atoms with E-state index in [1.807, 2.05) is 55.4 Å². The average molecular weight is 1050 g/mol. The molecule has 8 aliphatic carbocycles. The lowest BCUT2D eigenvalue weighted by molar-refractivity contribution is -0.151. The molecule has 8 saturated carbocycles. The minimum atomic E-state index is -1.12. The molecule has 5 N–H and O–H groups in total. The first-order valence-electron chi connectivity index (χ1n) is 28.6. The van der Waals surface area contributed by atoms with Gasteiger partial charge in [0.05, 0.1) is 23.6 Å².